The Bertz CT molecular complexity index is 2360. The summed E-state index contributed by atoms with van der Waals surface area (Å²) in [6, 6.07) is 13.8. The van der Waals surface area contributed by atoms with Crippen LogP contribution in [0.25, 0.3) is 43.8 Å². The fraction of sp³-hybridized carbons (Fsp3) is 0.211. The molecule has 8 N–H and O–H groups in total. The first-order valence-electron chi connectivity index (χ1n) is 16.5. The number of benzene rings is 2. The number of carbonyl (C=O) groups excluding carboxylic acids is 2. The number of H-pyrrole nitrogens is 2. The van der Waals surface area contributed by atoms with Gasteiger partial charge in [-0.2, -0.15) is 0 Å². The van der Waals surface area contributed by atoms with Crippen LogP contribution in [-0.4, -0.2) is 44.1 Å². The standard InChI is InChI=1S/2C19H17FN4O2/c2*1-9-7-23-18(25)6-12(9)10-2-11-4-17(22-8-14(11)16(21)3-10)24-19(26)13-5-15(13)20/h2*2-4,6-8,13,15H,5,21H2,1H3,(H,23,25)(H,22,24,26)/t13?,15-;13-,15+/m11/s1. The van der Waals surface area contributed by atoms with Crippen LogP contribution in [0.15, 0.2) is 82.9 Å². The number of aromatic amines is 2. The van der Waals surface area contributed by atoms with Crippen LogP contribution < -0.4 is 33.2 Å². The summed E-state index contributed by atoms with van der Waals surface area (Å²) in [7, 11) is 0. The highest BCUT2D eigenvalue weighted by atomic mass is 19.1. The van der Waals surface area contributed by atoms with Crippen LogP contribution in [0, 0.1) is 25.7 Å². The number of nitrogens with zero attached hydrogens (tertiary/aromatic N) is 2. The van der Waals surface area contributed by atoms with Gasteiger partial charge in [-0.3, -0.25) is 19.2 Å². The van der Waals surface area contributed by atoms with E-state index in [9.17, 15) is 28.0 Å². The van der Waals surface area contributed by atoms with Gasteiger partial charge in [-0.25, -0.2) is 18.7 Å². The predicted octanol–water partition coefficient (Wildman–Crippen LogP) is 5.55. The van der Waals surface area contributed by atoms with Gasteiger partial charge in [-0.1, -0.05) is 0 Å². The number of carbonyl (C=O) groups is 2. The zero-order valence-electron chi connectivity index (χ0n) is 28.1. The zero-order valence-corrected chi connectivity index (χ0v) is 28.1. The summed E-state index contributed by atoms with van der Waals surface area (Å²) < 4.78 is 26.0. The lowest BCUT2D eigenvalue weighted by Gasteiger charge is -2.11. The molecule has 2 aliphatic rings. The summed E-state index contributed by atoms with van der Waals surface area (Å²) in [4.78, 5) is 60.8. The molecule has 2 saturated carbocycles. The zero-order chi connectivity index (χ0) is 36.8. The molecule has 8 rings (SSSR count). The van der Waals surface area contributed by atoms with E-state index in [1.807, 2.05) is 26.0 Å². The molecule has 2 aliphatic carbocycles. The van der Waals surface area contributed by atoms with Gasteiger partial charge >= 0.3 is 0 Å². The Morgan fingerprint density at radius 3 is 1.42 bits per heavy atom. The molecular weight excluding hydrogens is 670 g/mol. The number of nitrogens with one attached hydrogen (secondary N) is 4. The van der Waals surface area contributed by atoms with Crippen molar-refractivity contribution in [3.8, 4) is 22.3 Å². The number of hydrogen-bond acceptors (Lipinski definition) is 8. The summed E-state index contributed by atoms with van der Waals surface area (Å²) in [5, 5.41) is 8.31. The number of hydrogen-bond donors (Lipinski definition) is 6. The van der Waals surface area contributed by atoms with Crippen molar-refractivity contribution in [1.82, 2.24) is 19.9 Å². The Kier molecular flexibility index (Phi) is 8.74. The second kappa shape index (κ2) is 13.4. The maximum atomic E-state index is 13.0. The highest BCUT2D eigenvalue weighted by Gasteiger charge is 2.44. The van der Waals surface area contributed by atoms with Gasteiger partial charge in [-0.15, -0.1) is 0 Å². The summed E-state index contributed by atoms with van der Waals surface area (Å²) >= 11 is 0. The number of aryl methyl sites for hydroxylation is 2. The number of nitrogen functional groups attached to an aromatic ring is 2. The molecule has 6 aromatic rings. The Morgan fingerprint density at radius 2 is 1.06 bits per heavy atom. The number of alkyl halides is 2. The number of fused-ring (bicyclic) bond motifs is 2. The maximum Gasteiger partial charge on any atom is 0.248 e. The van der Waals surface area contributed by atoms with Crippen molar-refractivity contribution in [2.75, 3.05) is 22.1 Å². The smallest absolute Gasteiger partial charge is 0.248 e. The molecule has 2 amide bonds. The quantitative estimate of drug-likeness (QED) is 0.121. The van der Waals surface area contributed by atoms with E-state index >= 15 is 0 Å². The number of aromatic nitrogens is 4. The molecule has 4 heterocycles. The number of amides is 2. The molecule has 264 valence electrons. The predicted molar refractivity (Wildman–Crippen MR) is 197 cm³/mol. The van der Waals surface area contributed by atoms with Crippen molar-refractivity contribution in [1.29, 1.82) is 0 Å². The van der Waals surface area contributed by atoms with Crippen LogP contribution in [0.4, 0.5) is 31.8 Å². The van der Waals surface area contributed by atoms with Gasteiger partial charge in [0, 0.05) is 59.1 Å². The van der Waals surface area contributed by atoms with E-state index in [1.54, 1.807) is 49.1 Å². The van der Waals surface area contributed by atoms with E-state index < -0.39 is 24.2 Å². The third-order valence-electron chi connectivity index (χ3n) is 9.22. The molecule has 2 fully saturated rings. The molecule has 12 nitrogen and oxygen atoms in total. The van der Waals surface area contributed by atoms with E-state index in [1.165, 1.54) is 12.1 Å². The van der Waals surface area contributed by atoms with Crippen LogP contribution in [0.3, 0.4) is 0 Å². The Labute approximate surface area is 294 Å². The van der Waals surface area contributed by atoms with Crippen molar-refractivity contribution in [2.24, 2.45) is 11.8 Å². The van der Waals surface area contributed by atoms with Crippen LogP contribution in [0.5, 0.6) is 0 Å². The first-order valence-corrected chi connectivity index (χ1v) is 16.5. The number of nitrogens with two attached hydrogens (primary N) is 2. The van der Waals surface area contributed by atoms with Crippen molar-refractivity contribution in [2.45, 2.75) is 39.0 Å². The van der Waals surface area contributed by atoms with Gasteiger partial charge in [0.25, 0.3) is 0 Å². The van der Waals surface area contributed by atoms with Gasteiger partial charge in [0.1, 0.15) is 24.0 Å². The van der Waals surface area contributed by atoms with E-state index in [0.29, 0.717) is 23.0 Å². The fourth-order valence-electron chi connectivity index (χ4n) is 6.04. The van der Waals surface area contributed by atoms with Gasteiger partial charge in [-0.05, 0) is 107 Å². The highest BCUT2D eigenvalue weighted by molar-refractivity contribution is 6.01. The minimum atomic E-state index is -1.06. The minimum Gasteiger partial charge on any atom is -0.398 e. The Balaban J connectivity index is 0.000000162. The SMILES string of the molecule is Cc1c[nH]c(=O)cc1-c1cc(N)c2cnc(NC(=O)C3C[C@H]3F)cc2c1.Cc1c[nH]c(=O)cc1-c1cc(N)c2cnc(NC(=O)[C@@H]3C[C@@H]3F)cc2c1. The number of halogens is 2. The fourth-order valence-corrected chi connectivity index (χ4v) is 6.04. The average molecular weight is 705 g/mol. The largest absolute Gasteiger partial charge is 0.398 e. The number of rotatable bonds is 6. The molecule has 4 atom stereocenters. The van der Waals surface area contributed by atoms with Gasteiger partial charge < -0.3 is 32.1 Å². The molecule has 4 aromatic heterocycles. The van der Waals surface area contributed by atoms with Crippen molar-refractivity contribution >= 4 is 56.4 Å². The van der Waals surface area contributed by atoms with E-state index in [2.05, 4.69) is 30.6 Å². The minimum absolute atomic E-state index is 0.197. The average Bonchev–Trinajstić information content (AvgIpc) is 4.03. The third-order valence-corrected chi connectivity index (χ3v) is 9.22. The first kappa shape index (κ1) is 34.0. The number of pyridine rings is 4. The second-order valence-corrected chi connectivity index (χ2v) is 13.2. The summed E-state index contributed by atoms with van der Waals surface area (Å²) in [6.07, 6.45) is 4.87. The van der Waals surface area contributed by atoms with Gasteiger partial charge in [0.2, 0.25) is 22.9 Å². The molecule has 0 saturated heterocycles. The molecule has 52 heavy (non-hydrogen) atoms. The van der Waals surface area contributed by atoms with E-state index in [0.717, 1.165) is 54.9 Å². The van der Waals surface area contributed by atoms with Crippen LogP contribution in [0.1, 0.15) is 24.0 Å². The molecule has 1 unspecified atom stereocenters. The third kappa shape index (κ3) is 7.08. The molecular formula is C38H34F2N8O4. The van der Waals surface area contributed by atoms with Crippen molar-refractivity contribution in [3.63, 3.8) is 0 Å². The van der Waals surface area contributed by atoms with Crippen LogP contribution in [-0.2, 0) is 9.59 Å². The maximum absolute atomic E-state index is 13.0. The molecule has 0 radical (unpaired) electrons. The van der Waals surface area contributed by atoms with E-state index in [-0.39, 0.29) is 35.8 Å². The van der Waals surface area contributed by atoms with Gasteiger partial charge in [0.15, 0.2) is 0 Å². The first-order chi connectivity index (χ1) is 24.8. The topological polar surface area (TPSA) is 202 Å². The second-order valence-electron chi connectivity index (χ2n) is 13.2. The van der Waals surface area contributed by atoms with Crippen LogP contribution in [0.2, 0.25) is 0 Å². The summed E-state index contributed by atoms with van der Waals surface area (Å²) in [5.74, 6) is -1.19. The lowest BCUT2D eigenvalue weighted by atomic mass is 9.98. The molecule has 0 bridgehead atoms. The molecule has 0 aliphatic heterocycles. The number of anilines is 4. The normalized spacial score (nSPS) is 18.7. The molecule has 0 spiro atoms. The van der Waals surface area contributed by atoms with Crippen molar-refractivity contribution < 1.29 is 18.4 Å². The monoisotopic (exact) mass is 704 g/mol. The summed E-state index contributed by atoms with van der Waals surface area (Å²) in [6.45, 7) is 3.79. The Morgan fingerprint density at radius 1 is 0.673 bits per heavy atom. The van der Waals surface area contributed by atoms with Gasteiger partial charge in [0.05, 0.1) is 11.8 Å². The molecule has 14 heteroatoms. The lowest BCUT2D eigenvalue weighted by molar-refractivity contribution is -0.118. The highest BCUT2D eigenvalue weighted by Crippen LogP contribution is 2.37. The van der Waals surface area contributed by atoms with Crippen LogP contribution >= 0.6 is 0 Å². The Hall–Kier alpha value is -6.44. The molecule has 2 aromatic carbocycles. The summed E-state index contributed by atoms with van der Waals surface area (Å²) in [5.41, 5.74) is 17.9. The van der Waals surface area contributed by atoms with Crippen molar-refractivity contribution in [3.05, 3.63) is 105 Å². The lowest BCUT2D eigenvalue weighted by Crippen LogP contribution is -2.15. The van der Waals surface area contributed by atoms with E-state index in [4.69, 9.17) is 11.5 Å².